The molecular formula is C16H14N2O2S. The van der Waals surface area contributed by atoms with Gasteiger partial charge in [0.1, 0.15) is 5.76 Å². The van der Waals surface area contributed by atoms with Gasteiger partial charge in [-0.3, -0.25) is 4.79 Å². The van der Waals surface area contributed by atoms with Gasteiger partial charge in [-0.05, 0) is 54.9 Å². The van der Waals surface area contributed by atoms with E-state index in [2.05, 4.69) is 10.3 Å². The molecule has 1 fully saturated rings. The van der Waals surface area contributed by atoms with Crippen LogP contribution < -0.4 is 5.32 Å². The average molecular weight is 298 g/mol. The number of carbonyl (C=O) groups excluding carboxylic acids is 1. The zero-order chi connectivity index (χ0) is 14.8. The Morgan fingerprint density at radius 2 is 2.14 bits per heavy atom. The SMILES string of the molecule is Cc1ccc(C)c(N=C2NC(=O)/C(=C/c3ccco3)S2)c1. The van der Waals surface area contributed by atoms with Crippen LogP contribution in [0.4, 0.5) is 5.69 Å². The first-order valence-electron chi connectivity index (χ1n) is 6.52. The van der Waals surface area contributed by atoms with E-state index in [1.165, 1.54) is 11.8 Å². The summed E-state index contributed by atoms with van der Waals surface area (Å²) < 4.78 is 5.22. The highest BCUT2D eigenvalue weighted by Crippen LogP contribution is 2.29. The Hall–Kier alpha value is -2.27. The second-order valence-electron chi connectivity index (χ2n) is 4.79. The first kappa shape index (κ1) is 13.7. The molecule has 1 amide bonds. The predicted molar refractivity (Wildman–Crippen MR) is 85.4 cm³/mol. The highest BCUT2D eigenvalue weighted by Gasteiger charge is 2.24. The monoisotopic (exact) mass is 298 g/mol. The minimum absolute atomic E-state index is 0.152. The summed E-state index contributed by atoms with van der Waals surface area (Å²) in [7, 11) is 0. The number of nitrogens with one attached hydrogen (secondary N) is 1. The molecule has 21 heavy (non-hydrogen) atoms. The summed E-state index contributed by atoms with van der Waals surface area (Å²) in [6.07, 6.45) is 3.29. The van der Waals surface area contributed by atoms with E-state index in [4.69, 9.17) is 4.42 Å². The van der Waals surface area contributed by atoms with E-state index in [0.29, 0.717) is 15.8 Å². The van der Waals surface area contributed by atoms with Crippen molar-refractivity contribution >= 4 is 34.6 Å². The maximum absolute atomic E-state index is 11.9. The number of nitrogens with zero attached hydrogens (tertiary/aromatic N) is 1. The number of aliphatic imine (C=N–C) groups is 1. The Labute approximate surface area is 127 Å². The fraction of sp³-hybridized carbons (Fsp3) is 0.125. The molecule has 0 saturated carbocycles. The van der Waals surface area contributed by atoms with E-state index in [1.54, 1.807) is 24.5 Å². The topological polar surface area (TPSA) is 54.6 Å². The molecule has 1 aromatic carbocycles. The van der Waals surface area contributed by atoms with Crippen molar-refractivity contribution in [1.29, 1.82) is 0 Å². The molecule has 1 aliphatic heterocycles. The molecule has 1 aliphatic rings. The van der Waals surface area contributed by atoms with Crippen LogP contribution in [-0.2, 0) is 4.79 Å². The van der Waals surface area contributed by atoms with Crippen LogP contribution in [0, 0.1) is 13.8 Å². The second kappa shape index (κ2) is 5.61. The fourth-order valence-electron chi connectivity index (χ4n) is 1.93. The number of aryl methyl sites for hydroxylation is 2. The molecule has 1 aromatic heterocycles. The van der Waals surface area contributed by atoms with Gasteiger partial charge < -0.3 is 9.73 Å². The number of carbonyl (C=O) groups is 1. The highest BCUT2D eigenvalue weighted by molar-refractivity contribution is 8.18. The zero-order valence-electron chi connectivity index (χ0n) is 11.7. The number of hydrogen-bond donors (Lipinski definition) is 1. The van der Waals surface area contributed by atoms with Crippen molar-refractivity contribution in [3.05, 3.63) is 58.4 Å². The second-order valence-corrected chi connectivity index (χ2v) is 5.82. The van der Waals surface area contributed by atoms with Gasteiger partial charge in [-0.1, -0.05) is 12.1 Å². The molecule has 3 rings (SSSR count). The molecule has 2 aromatic rings. The molecule has 1 N–H and O–H groups in total. The van der Waals surface area contributed by atoms with Crippen molar-refractivity contribution in [1.82, 2.24) is 5.32 Å². The van der Waals surface area contributed by atoms with Crippen molar-refractivity contribution in [2.45, 2.75) is 13.8 Å². The molecule has 0 unspecified atom stereocenters. The molecular weight excluding hydrogens is 284 g/mol. The quantitative estimate of drug-likeness (QED) is 0.858. The standard InChI is InChI=1S/C16H14N2O2S/c1-10-5-6-11(2)13(8-10)17-16-18-15(19)14(21-16)9-12-4-3-7-20-12/h3-9H,1-2H3,(H,17,18,19)/b14-9-. The van der Waals surface area contributed by atoms with Crippen LogP contribution in [0.1, 0.15) is 16.9 Å². The maximum Gasteiger partial charge on any atom is 0.264 e. The van der Waals surface area contributed by atoms with Crippen molar-refractivity contribution in [3.8, 4) is 0 Å². The van der Waals surface area contributed by atoms with Gasteiger partial charge in [0.05, 0.1) is 16.9 Å². The van der Waals surface area contributed by atoms with Crippen LogP contribution in [0.5, 0.6) is 0 Å². The lowest BCUT2D eigenvalue weighted by atomic mass is 10.1. The molecule has 4 nitrogen and oxygen atoms in total. The Morgan fingerprint density at radius 1 is 1.29 bits per heavy atom. The normalized spacial score (nSPS) is 18.5. The highest BCUT2D eigenvalue weighted by atomic mass is 32.2. The number of thioether (sulfide) groups is 1. The van der Waals surface area contributed by atoms with E-state index in [0.717, 1.165) is 16.8 Å². The lowest BCUT2D eigenvalue weighted by Crippen LogP contribution is -2.19. The van der Waals surface area contributed by atoms with Crippen LogP contribution in [0.25, 0.3) is 6.08 Å². The van der Waals surface area contributed by atoms with Crippen molar-refractivity contribution in [2.24, 2.45) is 4.99 Å². The molecule has 0 aliphatic carbocycles. The molecule has 0 spiro atoms. The summed E-state index contributed by atoms with van der Waals surface area (Å²) in [6, 6.07) is 9.66. The van der Waals surface area contributed by atoms with Crippen LogP contribution in [0.2, 0.25) is 0 Å². The minimum atomic E-state index is -0.152. The summed E-state index contributed by atoms with van der Waals surface area (Å²) in [5.74, 6) is 0.501. The summed E-state index contributed by atoms with van der Waals surface area (Å²) >= 11 is 1.32. The van der Waals surface area contributed by atoms with E-state index >= 15 is 0 Å². The predicted octanol–water partition coefficient (Wildman–Crippen LogP) is 3.79. The molecule has 0 atom stereocenters. The van der Waals surface area contributed by atoms with E-state index in [1.807, 2.05) is 32.0 Å². The number of amides is 1. The molecule has 1 saturated heterocycles. The molecule has 0 bridgehead atoms. The third kappa shape index (κ3) is 3.08. The van der Waals surface area contributed by atoms with E-state index < -0.39 is 0 Å². The number of hydrogen-bond acceptors (Lipinski definition) is 4. The first-order chi connectivity index (χ1) is 10.1. The van der Waals surface area contributed by atoms with Crippen molar-refractivity contribution in [3.63, 3.8) is 0 Å². The van der Waals surface area contributed by atoms with E-state index in [-0.39, 0.29) is 5.91 Å². The average Bonchev–Trinajstić information content (AvgIpc) is 3.06. The Balaban J connectivity index is 1.87. The first-order valence-corrected chi connectivity index (χ1v) is 7.34. The molecule has 106 valence electrons. The van der Waals surface area contributed by atoms with Crippen molar-refractivity contribution < 1.29 is 9.21 Å². The summed E-state index contributed by atoms with van der Waals surface area (Å²) in [5.41, 5.74) is 3.09. The number of amidine groups is 1. The van der Waals surface area contributed by atoms with Crippen LogP contribution >= 0.6 is 11.8 Å². The summed E-state index contributed by atoms with van der Waals surface area (Å²) in [6.45, 7) is 4.02. The van der Waals surface area contributed by atoms with Gasteiger partial charge in [-0.2, -0.15) is 0 Å². The number of benzene rings is 1. The third-order valence-electron chi connectivity index (χ3n) is 3.05. The van der Waals surface area contributed by atoms with Crippen LogP contribution in [0.3, 0.4) is 0 Å². The zero-order valence-corrected chi connectivity index (χ0v) is 12.5. The number of furan rings is 1. The van der Waals surface area contributed by atoms with Crippen molar-refractivity contribution in [2.75, 3.05) is 0 Å². The van der Waals surface area contributed by atoms with Crippen LogP contribution in [0.15, 0.2) is 50.9 Å². The number of rotatable bonds is 2. The van der Waals surface area contributed by atoms with Crippen LogP contribution in [-0.4, -0.2) is 11.1 Å². The molecule has 0 radical (unpaired) electrons. The van der Waals surface area contributed by atoms with Gasteiger partial charge in [0.25, 0.3) is 5.91 Å². The smallest absolute Gasteiger partial charge is 0.264 e. The Bertz CT molecular complexity index is 746. The molecule has 5 heteroatoms. The van der Waals surface area contributed by atoms with Gasteiger partial charge in [0.2, 0.25) is 0 Å². The lowest BCUT2D eigenvalue weighted by molar-refractivity contribution is -0.115. The van der Waals surface area contributed by atoms with E-state index in [9.17, 15) is 4.79 Å². The van der Waals surface area contributed by atoms with Gasteiger partial charge in [-0.25, -0.2) is 4.99 Å². The maximum atomic E-state index is 11.9. The molecule has 2 heterocycles. The minimum Gasteiger partial charge on any atom is -0.465 e. The largest absolute Gasteiger partial charge is 0.465 e. The summed E-state index contributed by atoms with van der Waals surface area (Å²) in [5, 5.41) is 3.36. The Kier molecular flexibility index (Phi) is 3.66. The van der Waals surface area contributed by atoms with Gasteiger partial charge >= 0.3 is 0 Å². The Morgan fingerprint density at radius 3 is 2.90 bits per heavy atom. The van der Waals surface area contributed by atoms with Gasteiger partial charge in [-0.15, -0.1) is 0 Å². The van der Waals surface area contributed by atoms with Gasteiger partial charge in [0.15, 0.2) is 5.17 Å². The third-order valence-corrected chi connectivity index (χ3v) is 3.96. The summed E-state index contributed by atoms with van der Waals surface area (Å²) in [4.78, 5) is 17.0. The lowest BCUT2D eigenvalue weighted by Gasteiger charge is -2.02. The van der Waals surface area contributed by atoms with Gasteiger partial charge in [0, 0.05) is 6.08 Å². The fourth-order valence-corrected chi connectivity index (χ4v) is 2.75.